The van der Waals surface area contributed by atoms with Crippen LogP contribution in [-0.2, 0) is 11.2 Å². The number of hydrogen-bond donors (Lipinski definition) is 2. The van der Waals surface area contributed by atoms with Crippen LogP contribution in [0.1, 0.15) is 26.3 Å². The van der Waals surface area contributed by atoms with Crippen molar-refractivity contribution in [2.45, 2.75) is 32.8 Å². The Hall–Kier alpha value is -1.26. The number of carbonyl (C=O) groups excluding carboxylic acids is 1. The van der Waals surface area contributed by atoms with Gasteiger partial charge in [0.25, 0.3) is 0 Å². The zero-order valence-electron chi connectivity index (χ0n) is 11.8. The lowest BCUT2D eigenvalue weighted by Crippen LogP contribution is -2.27. The maximum absolute atomic E-state index is 11.6. The fraction of sp³-hybridized carbons (Fsp3) is 0.500. The SMILES string of the molecule is CNCCc1ccc(NC(=O)OC(C)(C)C)c(Cl)c1. The summed E-state index contributed by atoms with van der Waals surface area (Å²) in [5.41, 5.74) is 1.15. The fourth-order valence-electron chi connectivity index (χ4n) is 1.50. The molecule has 1 amide bonds. The van der Waals surface area contributed by atoms with Crippen molar-refractivity contribution in [3.8, 4) is 0 Å². The molecule has 1 rings (SSSR count). The molecule has 0 aliphatic rings. The van der Waals surface area contributed by atoms with Crippen LogP contribution in [0.3, 0.4) is 0 Å². The smallest absolute Gasteiger partial charge is 0.412 e. The Balaban J connectivity index is 2.67. The molecule has 0 fully saturated rings. The van der Waals surface area contributed by atoms with Gasteiger partial charge >= 0.3 is 6.09 Å². The van der Waals surface area contributed by atoms with Crippen molar-refractivity contribution in [1.29, 1.82) is 0 Å². The van der Waals surface area contributed by atoms with E-state index >= 15 is 0 Å². The minimum absolute atomic E-state index is 0.502. The highest BCUT2D eigenvalue weighted by Crippen LogP contribution is 2.24. The van der Waals surface area contributed by atoms with Gasteiger partial charge in [-0.05, 0) is 58.5 Å². The zero-order chi connectivity index (χ0) is 14.5. The van der Waals surface area contributed by atoms with E-state index in [1.54, 1.807) is 6.07 Å². The number of hydrogen-bond acceptors (Lipinski definition) is 3. The second-order valence-corrected chi connectivity index (χ2v) is 5.70. The van der Waals surface area contributed by atoms with Crippen LogP contribution in [0.5, 0.6) is 0 Å². The molecule has 19 heavy (non-hydrogen) atoms. The third-order valence-electron chi connectivity index (χ3n) is 2.33. The van der Waals surface area contributed by atoms with Crippen LogP contribution in [0.4, 0.5) is 10.5 Å². The lowest BCUT2D eigenvalue weighted by atomic mass is 10.1. The van der Waals surface area contributed by atoms with Gasteiger partial charge in [0, 0.05) is 0 Å². The van der Waals surface area contributed by atoms with Crippen molar-refractivity contribution in [3.05, 3.63) is 28.8 Å². The van der Waals surface area contributed by atoms with Crippen molar-refractivity contribution < 1.29 is 9.53 Å². The van der Waals surface area contributed by atoms with Gasteiger partial charge in [-0.15, -0.1) is 0 Å². The third-order valence-corrected chi connectivity index (χ3v) is 2.65. The molecule has 1 aromatic rings. The molecule has 0 unspecified atom stereocenters. The summed E-state index contributed by atoms with van der Waals surface area (Å²) >= 11 is 6.13. The Kier molecular flexibility index (Phi) is 5.63. The number of nitrogens with one attached hydrogen (secondary N) is 2. The number of ether oxygens (including phenoxy) is 1. The van der Waals surface area contributed by atoms with Crippen molar-refractivity contribution in [3.63, 3.8) is 0 Å². The average molecular weight is 285 g/mol. The van der Waals surface area contributed by atoms with Crippen molar-refractivity contribution in [2.24, 2.45) is 0 Å². The van der Waals surface area contributed by atoms with E-state index < -0.39 is 11.7 Å². The summed E-state index contributed by atoms with van der Waals surface area (Å²) in [6.45, 7) is 6.33. The molecule has 0 aliphatic heterocycles. The Labute approximate surface area is 119 Å². The first kappa shape index (κ1) is 15.8. The molecule has 0 saturated carbocycles. The quantitative estimate of drug-likeness (QED) is 0.890. The van der Waals surface area contributed by atoms with Gasteiger partial charge in [0.1, 0.15) is 5.60 Å². The second kappa shape index (κ2) is 6.78. The van der Waals surface area contributed by atoms with Gasteiger partial charge in [-0.2, -0.15) is 0 Å². The minimum atomic E-state index is -0.525. The largest absolute Gasteiger partial charge is 0.444 e. The Bertz CT molecular complexity index is 442. The highest BCUT2D eigenvalue weighted by Gasteiger charge is 2.17. The molecule has 0 atom stereocenters. The van der Waals surface area contributed by atoms with Gasteiger partial charge < -0.3 is 10.1 Å². The first-order chi connectivity index (χ1) is 8.81. The standard InChI is InChI=1S/C14H21ClN2O2/c1-14(2,3)19-13(18)17-12-6-5-10(7-8-16-4)9-11(12)15/h5-6,9,16H,7-8H2,1-4H3,(H,17,18). The highest BCUT2D eigenvalue weighted by atomic mass is 35.5. The van der Waals surface area contributed by atoms with Gasteiger partial charge in [0.15, 0.2) is 0 Å². The number of amides is 1. The van der Waals surface area contributed by atoms with E-state index in [1.165, 1.54) is 0 Å². The van der Waals surface area contributed by atoms with Crippen LogP contribution in [0.25, 0.3) is 0 Å². The molecule has 0 aromatic heterocycles. The molecule has 106 valence electrons. The van der Waals surface area contributed by atoms with E-state index in [2.05, 4.69) is 10.6 Å². The normalized spacial score (nSPS) is 11.2. The highest BCUT2D eigenvalue weighted by molar-refractivity contribution is 6.33. The lowest BCUT2D eigenvalue weighted by molar-refractivity contribution is 0.0636. The monoisotopic (exact) mass is 284 g/mol. The molecule has 2 N–H and O–H groups in total. The van der Waals surface area contributed by atoms with E-state index in [9.17, 15) is 4.79 Å². The molecule has 0 bridgehead atoms. The van der Waals surface area contributed by atoms with Gasteiger partial charge in [-0.25, -0.2) is 4.79 Å². The predicted molar refractivity (Wildman–Crippen MR) is 78.9 cm³/mol. The van der Waals surface area contributed by atoms with Crippen LogP contribution in [-0.4, -0.2) is 25.3 Å². The van der Waals surface area contributed by atoms with Crippen LogP contribution in [0.2, 0.25) is 5.02 Å². The third kappa shape index (κ3) is 5.94. The number of rotatable bonds is 4. The van der Waals surface area contributed by atoms with Crippen LogP contribution in [0, 0.1) is 0 Å². The summed E-state index contributed by atoms with van der Waals surface area (Å²) in [4.78, 5) is 11.6. The van der Waals surface area contributed by atoms with Gasteiger partial charge in [-0.3, -0.25) is 5.32 Å². The van der Waals surface area contributed by atoms with Gasteiger partial charge in [-0.1, -0.05) is 17.7 Å². The molecule has 5 heteroatoms. The summed E-state index contributed by atoms with van der Waals surface area (Å²) in [6.07, 6.45) is 0.389. The summed E-state index contributed by atoms with van der Waals surface area (Å²) < 4.78 is 5.17. The molecular weight excluding hydrogens is 264 g/mol. The van der Waals surface area contributed by atoms with Crippen molar-refractivity contribution in [2.75, 3.05) is 18.9 Å². The number of halogens is 1. The van der Waals surface area contributed by atoms with Crippen molar-refractivity contribution in [1.82, 2.24) is 5.32 Å². The molecule has 0 saturated heterocycles. The molecule has 4 nitrogen and oxygen atoms in total. The Morgan fingerprint density at radius 3 is 2.58 bits per heavy atom. The predicted octanol–water partition coefficient (Wildman–Crippen LogP) is 3.45. The van der Waals surface area contributed by atoms with E-state index in [0.29, 0.717) is 10.7 Å². The minimum Gasteiger partial charge on any atom is -0.444 e. The first-order valence-electron chi connectivity index (χ1n) is 6.25. The second-order valence-electron chi connectivity index (χ2n) is 5.29. The first-order valence-corrected chi connectivity index (χ1v) is 6.62. The molecule has 0 aliphatic carbocycles. The summed E-state index contributed by atoms with van der Waals surface area (Å²) in [7, 11) is 1.90. The number of anilines is 1. The van der Waals surface area contributed by atoms with E-state index in [1.807, 2.05) is 40.0 Å². The molecular formula is C14H21ClN2O2. The number of likely N-dealkylation sites (N-methyl/N-ethyl adjacent to an activating group) is 1. The van der Waals surface area contributed by atoms with Crippen LogP contribution >= 0.6 is 11.6 Å². The van der Waals surface area contributed by atoms with Gasteiger partial charge in [0.2, 0.25) is 0 Å². The average Bonchev–Trinajstić information content (AvgIpc) is 2.27. The molecule has 0 heterocycles. The van der Waals surface area contributed by atoms with E-state index in [4.69, 9.17) is 16.3 Å². The lowest BCUT2D eigenvalue weighted by Gasteiger charge is -2.20. The van der Waals surface area contributed by atoms with Crippen LogP contribution in [0.15, 0.2) is 18.2 Å². The molecule has 1 aromatic carbocycles. The Morgan fingerprint density at radius 2 is 2.05 bits per heavy atom. The fourth-order valence-corrected chi connectivity index (χ4v) is 1.75. The Morgan fingerprint density at radius 1 is 1.37 bits per heavy atom. The number of benzene rings is 1. The molecule has 0 spiro atoms. The summed E-state index contributed by atoms with van der Waals surface area (Å²) in [5.74, 6) is 0. The summed E-state index contributed by atoms with van der Waals surface area (Å²) in [6, 6.07) is 5.58. The topological polar surface area (TPSA) is 50.4 Å². The number of carbonyl (C=O) groups is 1. The van der Waals surface area contributed by atoms with E-state index in [0.717, 1.165) is 18.5 Å². The maximum Gasteiger partial charge on any atom is 0.412 e. The van der Waals surface area contributed by atoms with Crippen molar-refractivity contribution >= 4 is 23.4 Å². The maximum atomic E-state index is 11.6. The zero-order valence-corrected chi connectivity index (χ0v) is 12.6. The summed E-state index contributed by atoms with van der Waals surface area (Å²) in [5, 5.41) is 6.23. The van der Waals surface area contributed by atoms with E-state index in [-0.39, 0.29) is 0 Å². The van der Waals surface area contributed by atoms with Crippen LogP contribution < -0.4 is 10.6 Å². The van der Waals surface area contributed by atoms with Gasteiger partial charge in [0.05, 0.1) is 10.7 Å². The molecule has 0 radical (unpaired) electrons.